The van der Waals surface area contributed by atoms with Crippen LogP contribution in [0.2, 0.25) is 0 Å². The molecule has 0 aromatic heterocycles. The van der Waals surface area contributed by atoms with E-state index in [1.165, 1.54) is 32.1 Å². The normalized spacial score (nSPS) is 22.8. The monoisotopic (exact) mass is 356 g/mol. The third kappa shape index (κ3) is 4.17. The van der Waals surface area contributed by atoms with Gasteiger partial charge in [0.1, 0.15) is 0 Å². The molecule has 1 aromatic carbocycles. The molecule has 0 radical (unpaired) electrons. The highest BCUT2D eigenvalue weighted by molar-refractivity contribution is 6.02. The van der Waals surface area contributed by atoms with Gasteiger partial charge in [0.2, 0.25) is 0 Å². The van der Waals surface area contributed by atoms with Crippen LogP contribution < -0.4 is 0 Å². The predicted molar refractivity (Wildman–Crippen MR) is 99.2 cm³/mol. The summed E-state index contributed by atoms with van der Waals surface area (Å²) in [6.45, 7) is 3.18. The van der Waals surface area contributed by atoms with Crippen molar-refractivity contribution < 1.29 is 19.1 Å². The van der Waals surface area contributed by atoms with Crippen LogP contribution in [-0.4, -0.2) is 17.7 Å². The minimum atomic E-state index is -1.30. The van der Waals surface area contributed by atoms with Gasteiger partial charge in [0.05, 0.1) is 0 Å². The van der Waals surface area contributed by atoms with Gasteiger partial charge in [0.15, 0.2) is 5.41 Å². The van der Waals surface area contributed by atoms with Gasteiger partial charge >= 0.3 is 11.9 Å². The maximum Gasteiger partial charge on any atom is 0.327 e. The number of ether oxygens (including phenoxy) is 2. The van der Waals surface area contributed by atoms with Gasteiger partial charge < -0.3 is 9.47 Å². The molecule has 1 saturated heterocycles. The van der Waals surface area contributed by atoms with Gasteiger partial charge in [-0.25, -0.2) is 0 Å². The number of esters is 2. The van der Waals surface area contributed by atoms with Crippen molar-refractivity contribution >= 4 is 11.9 Å². The van der Waals surface area contributed by atoms with Crippen LogP contribution in [0.3, 0.4) is 0 Å². The first kappa shape index (κ1) is 18.7. The van der Waals surface area contributed by atoms with E-state index < -0.39 is 23.1 Å². The van der Waals surface area contributed by atoms with Gasteiger partial charge in [-0.15, -0.1) is 0 Å². The number of allylic oxidation sites excluding steroid dienone is 2. The molecule has 2 fully saturated rings. The molecular weight excluding hydrogens is 328 g/mol. The van der Waals surface area contributed by atoms with Crippen LogP contribution in [0.25, 0.3) is 0 Å². The van der Waals surface area contributed by atoms with E-state index in [9.17, 15) is 9.59 Å². The Morgan fingerprint density at radius 2 is 1.62 bits per heavy atom. The zero-order chi connectivity index (χ0) is 18.6. The molecule has 4 nitrogen and oxygen atoms in total. The second-order valence-corrected chi connectivity index (χ2v) is 7.95. The van der Waals surface area contributed by atoms with Crippen molar-refractivity contribution in [2.45, 2.75) is 64.6 Å². The lowest BCUT2D eigenvalue weighted by Crippen LogP contribution is -2.54. The molecule has 26 heavy (non-hydrogen) atoms. The summed E-state index contributed by atoms with van der Waals surface area (Å²) in [5.41, 5.74) is -0.380. The van der Waals surface area contributed by atoms with E-state index in [2.05, 4.69) is 6.08 Å². The van der Waals surface area contributed by atoms with E-state index >= 15 is 0 Å². The van der Waals surface area contributed by atoms with Gasteiger partial charge in [-0.05, 0) is 37.2 Å². The zero-order valence-electron chi connectivity index (χ0n) is 15.7. The molecule has 1 aliphatic carbocycles. The standard InChI is InChI=1S/C22H28O4/c1-21(2)25-19(23)22(20(24)26-21,16-18-12-7-4-8-13-18)15-9-14-17-10-5-3-6-11-17/h4,7-9,12-14,17H,3,5-6,10-11,15-16H2,1-2H3/b14-9+. The van der Waals surface area contributed by atoms with Gasteiger partial charge in [-0.1, -0.05) is 61.7 Å². The molecule has 0 unspecified atom stereocenters. The highest BCUT2D eigenvalue weighted by Crippen LogP contribution is 2.39. The first-order valence-corrected chi connectivity index (χ1v) is 9.59. The summed E-state index contributed by atoms with van der Waals surface area (Å²) in [5.74, 6) is -1.64. The zero-order valence-corrected chi connectivity index (χ0v) is 15.7. The Labute approximate surface area is 155 Å². The highest BCUT2D eigenvalue weighted by Gasteiger charge is 2.55. The largest absolute Gasteiger partial charge is 0.422 e. The molecule has 4 heteroatoms. The number of hydrogen-bond acceptors (Lipinski definition) is 4. The molecule has 1 saturated carbocycles. The first-order valence-electron chi connectivity index (χ1n) is 9.59. The molecular formula is C22H28O4. The van der Waals surface area contributed by atoms with E-state index in [1.54, 1.807) is 13.8 Å². The second-order valence-electron chi connectivity index (χ2n) is 7.95. The van der Waals surface area contributed by atoms with Crippen molar-refractivity contribution in [2.24, 2.45) is 11.3 Å². The Balaban J connectivity index is 1.82. The Morgan fingerprint density at radius 3 is 2.23 bits per heavy atom. The smallest absolute Gasteiger partial charge is 0.327 e. The Kier molecular flexibility index (Phi) is 5.49. The van der Waals surface area contributed by atoms with Gasteiger partial charge in [-0.2, -0.15) is 0 Å². The van der Waals surface area contributed by atoms with Crippen molar-refractivity contribution in [3.63, 3.8) is 0 Å². The average molecular weight is 356 g/mol. The van der Waals surface area contributed by atoms with E-state index in [4.69, 9.17) is 9.47 Å². The fraction of sp³-hybridized carbons (Fsp3) is 0.545. The molecule has 140 valence electrons. The number of hydrogen-bond donors (Lipinski definition) is 0. The number of benzene rings is 1. The molecule has 1 aromatic rings. The molecule has 0 bridgehead atoms. The van der Waals surface area contributed by atoms with Gasteiger partial charge in [-0.3, -0.25) is 9.59 Å². The lowest BCUT2D eigenvalue weighted by atomic mass is 9.77. The van der Waals surface area contributed by atoms with Crippen LogP contribution in [-0.2, 0) is 25.5 Å². The lowest BCUT2D eigenvalue weighted by Gasteiger charge is -2.40. The number of carbonyl (C=O) groups is 2. The summed E-state index contributed by atoms with van der Waals surface area (Å²) in [7, 11) is 0. The summed E-state index contributed by atoms with van der Waals surface area (Å²) < 4.78 is 10.9. The van der Waals surface area contributed by atoms with Crippen molar-refractivity contribution in [1.29, 1.82) is 0 Å². The van der Waals surface area contributed by atoms with Crippen LogP contribution in [0.4, 0.5) is 0 Å². The predicted octanol–water partition coefficient (Wildman–Crippen LogP) is 4.58. The summed E-state index contributed by atoms with van der Waals surface area (Å²) in [5, 5.41) is 0. The summed E-state index contributed by atoms with van der Waals surface area (Å²) in [6, 6.07) is 9.58. The summed E-state index contributed by atoms with van der Waals surface area (Å²) in [4.78, 5) is 25.7. The molecule has 1 aliphatic heterocycles. The van der Waals surface area contributed by atoms with Crippen molar-refractivity contribution in [2.75, 3.05) is 0 Å². The number of cyclic esters (lactones) is 2. The van der Waals surface area contributed by atoms with Crippen LogP contribution >= 0.6 is 0 Å². The van der Waals surface area contributed by atoms with Crippen LogP contribution in [0.5, 0.6) is 0 Å². The van der Waals surface area contributed by atoms with E-state index in [0.29, 0.717) is 12.3 Å². The van der Waals surface area contributed by atoms with Crippen LogP contribution in [0, 0.1) is 11.3 Å². The fourth-order valence-electron chi connectivity index (χ4n) is 3.86. The van der Waals surface area contributed by atoms with Gasteiger partial charge in [0.25, 0.3) is 5.79 Å². The minimum Gasteiger partial charge on any atom is -0.422 e. The van der Waals surface area contributed by atoms with E-state index in [1.807, 2.05) is 36.4 Å². The van der Waals surface area contributed by atoms with Crippen LogP contribution in [0.15, 0.2) is 42.5 Å². The van der Waals surface area contributed by atoms with Crippen molar-refractivity contribution in [3.8, 4) is 0 Å². The summed E-state index contributed by atoms with van der Waals surface area (Å²) >= 11 is 0. The van der Waals surface area contributed by atoms with E-state index in [-0.39, 0.29) is 6.42 Å². The lowest BCUT2D eigenvalue weighted by molar-refractivity contribution is -0.250. The van der Waals surface area contributed by atoms with Crippen LogP contribution in [0.1, 0.15) is 57.9 Å². The molecule has 0 N–H and O–H groups in total. The second kappa shape index (κ2) is 7.65. The third-order valence-corrected chi connectivity index (χ3v) is 5.33. The third-order valence-electron chi connectivity index (χ3n) is 5.33. The first-order chi connectivity index (χ1) is 12.4. The summed E-state index contributed by atoms with van der Waals surface area (Å²) in [6.07, 6.45) is 10.9. The SMILES string of the molecule is CC1(C)OC(=O)C(C/C=C/C2CCCCC2)(Cc2ccccc2)C(=O)O1. The quantitative estimate of drug-likeness (QED) is 0.440. The number of carbonyl (C=O) groups excluding carboxylic acids is 2. The molecule has 2 aliphatic rings. The minimum absolute atomic E-state index is 0.288. The molecule has 1 heterocycles. The molecule has 0 atom stereocenters. The highest BCUT2D eigenvalue weighted by atomic mass is 16.7. The Morgan fingerprint density at radius 1 is 1.00 bits per heavy atom. The maximum absolute atomic E-state index is 12.9. The van der Waals surface area contributed by atoms with Gasteiger partial charge in [0, 0.05) is 13.8 Å². The molecule has 0 spiro atoms. The van der Waals surface area contributed by atoms with E-state index in [0.717, 1.165) is 5.56 Å². The van der Waals surface area contributed by atoms with Crippen molar-refractivity contribution in [1.82, 2.24) is 0 Å². The fourth-order valence-corrected chi connectivity index (χ4v) is 3.86. The molecule has 0 amide bonds. The Bertz CT molecular complexity index is 649. The topological polar surface area (TPSA) is 52.6 Å². The maximum atomic E-state index is 12.9. The molecule has 3 rings (SSSR count). The average Bonchev–Trinajstić information content (AvgIpc) is 2.60. The Hall–Kier alpha value is -2.10. The number of rotatable bonds is 5. The van der Waals surface area contributed by atoms with Crippen molar-refractivity contribution in [3.05, 3.63) is 48.0 Å².